The second kappa shape index (κ2) is 8.28. The van der Waals surface area contributed by atoms with Crippen LogP contribution in [0.3, 0.4) is 0 Å². The lowest BCUT2D eigenvalue weighted by atomic mass is 10.0. The Labute approximate surface area is 185 Å². The molecule has 0 bridgehead atoms. The Morgan fingerprint density at radius 2 is 1.84 bits per heavy atom. The topological polar surface area (TPSA) is 46.0 Å². The molecule has 0 aliphatic carbocycles. The zero-order valence-corrected chi connectivity index (χ0v) is 17.4. The minimum absolute atomic E-state index is 0.131. The quantitative estimate of drug-likeness (QED) is 0.471. The molecule has 5 nitrogen and oxygen atoms in total. The summed E-state index contributed by atoms with van der Waals surface area (Å²) in [5.41, 5.74) is 3.78. The summed E-state index contributed by atoms with van der Waals surface area (Å²) in [6, 6.07) is 20.2. The van der Waals surface area contributed by atoms with Crippen LogP contribution in [0.1, 0.15) is 29.0 Å². The van der Waals surface area contributed by atoms with Crippen LogP contribution in [0.5, 0.6) is 0 Å². The summed E-state index contributed by atoms with van der Waals surface area (Å²) < 4.78 is 16.0. The number of nitrogens with zero attached hydrogens (tertiary/aromatic N) is 4. The highest BCUT2D eigenvalue weighted by Crippen LogP contribution is 2.40. The van der Waals surface area contributed by atoms with Crippen LogP contribution in [-0.4, -0.2) is 24.5 Å². The molecule has 3 aromatic heterocycles. The smallest absolute Gasteiger partial charge is 0.170 e. The van der Waals surface area contributed by atoms with Gasteiger partial charge in [-0.1, -0.05) is 12.1 Å². The summed E-state index contributed by atoms with van der Waals surface area (Å²) in [5, 5.41) is 4.12. The molecule has 0 amide bonds. The molecule has 154 valence electrons. The number of aromatic nitrogens is 3. The summed E-state index contributed by atoms with van der Waals surface area (Å²) in [6.07, 6.45) is 7.30. The highest BCUT2D eigenvalue weighted by molar-refractivity contribution is 7.80. The third-order valence-electron chi connectivity index (χ3n) is 5.47. The number of thiocarbonyl (C=S) groups is 1. The molecule has 1 aliphatic heterocycles. The van der Waals surface area contributed by atoms with E-state index in [0.29, 0.717) is 11.7 Å². The van der Waals surface area contributed by atoms with Gasteiger partial charge in [0, 0.05) is 42.7 Å². The highest BCUT2D eigenvalue weighted by atomic mass is 32.1. The van der Waals surface area contributed by atoms with Crippen molar-refractivity contribution in [2.24, 2.45) is 0 Å². The largest absolute Gasteiger partial charge is 0.352 e. The van der Waals surface area contributed by atoms with E-state index < -0.39 is 0 Å². The van der Waals surface area contributed by atoms with Crippen molar-refractivity contribution in [3.05, 3.63) is 114 Å². The first-order valence-corrected chi connectivity index (χ1v) is 10.4. The summed E-state index contributed by atoms with van der Waals surface area (Å²) in [7, 11) is 0. The number of halogens is 1. The zero-order chi connectivity index (χ0) is 21.2. The third-order valence-corrected chi connectivity index (χ3v) is 5.82. The fourth-order valence-electron chi connectivity index (χ4n) is 4.08. The van der Waals surface area contributed by atoms with Gasteiger partial charge in [0.2, 0.25) is 0 Å². The van der Waals surface area contributed by atoms with Crippen molar-refractivity contribution in [1.29, 1.82) is 0 Å². The van der Waals surface area contributed by atoms with Crippen LogP contribution in [-0.2, 0) is 6.54 Å². The highest BCUT2D eigenvalue weighted by Gasteiger charge is 2.41. The van der Waals surface area contributed by atoms with Crippen LogP contribution in [0.25, 0.3) is 5.69 Å². The van der Waals surface area contributed by atoms with Crippen LogP contribution < -0.4 is 5.32 Å². The normalized spacial score (nSPS) is 18.2. The van der Waals surface area contributed by atoms with Gasteiger partial charge in [0.25, 0.3) is 0 Å². The molecule has 2 unspecified atom stereocenters. The molecule has 2 atom stereocenters. The summed E-state index contributed by atoms with van der Waals surface area (Å²) in [4.78, 5) is 10.9. The number of rotatable bonds is 5. The van der Waals surface area contributed by atoms with Crippen molar-refractivity contribution in [2.45, 2.75) is 18.6 Å². The van der Waals surface area contributed by atoms with Gasteiger partial charge >= 0.3 is 0 Å². The number of pyridine rings is 2. The Balaban J connectivity index is 1.61. The lowest BCUT2D eigenvalue weighted by Crippen LogP contribution is -2.30. The van der Waals surface area contributed by atoms with Gasteiger partial charge in [0.1, 0.15) is 5.82 Å². The van der Waals surface area contributed by atoms with E-state index in [2.05, 4.69) is 26.3 Å². The van der Waals surface area contributed by atoms with E-state index >= 15 is 0 Å². The molecule has 1 N–H and O–H groups in total. The lowest BCUT2D eigenvalue weighted by molar-refractivity contribution is 0.302. The summed E-state index contributed by atoms with van der Waals surface area (Å²) >= 11 is 5.75. The summed E-state index contributed by atoms with van der Waals surface area (Å²) in [5.74, 6) is -0.271. The van der Waals surface area contributed by atoms with E-state index in [-0.39, 0.29) is 17.9 Å². The van der Waals surface area contributed by atoms with Gasteiger partial charge in [-0.2, -0.15) is 0 Å². The molecule has 4 aromatic rings. The maximum Gasteiger partial charge on any atom is 0.170 e. The van der Waals surface area contributed by atoms with Gasteiger partial charge in [-0.25, -0.2) is 4.39 Å². The second-order valence-electron chi connectivity index (χ2n) is 7.39. The number of benzene rings is 1. The van der Waals surface area contributed by atoms with E-state index in [9.17, 15) is 4.39 Å². The summed E-state index contributed by atoms with van der Waals surface area (Å²) in [6.45, 7) is 0.622. The van der Waals surface area contributed by atoms with Gasteiger partial charge in [0.05, 0.1) is 17.8 Å². The van der Waals surface area contributed by atoms with Crippen LogP contribution in [0.15, 0.2) is 91.5 Å². The van der Waals surface area contributed by atoms with Crippen molar-refractivity contribution in [2.75, 3.05) is 0 Å². The first-order valence-electron chi connectivity index (χ1n) is 10.0. The first-order chi connectivity index (χ1) is 15.2. The van der Waals surface area contributed by atoms with Crippen molar-refractivity contribution in [3.8, 4) is 5.69 Å². The molecule has 0 radical (unpaired) electrons. The van der Waals surface area contributed by atoms with Crippen LogP contribution in [0.4, 0.5) is 4.39 Å². The molecule has 7 heteroatoms. The first kappa shape index (κ1) is 19.4. The van der Waals surface area contributed by atoms with E-state index in [0.717, 1.165) is 22.6 Å². The van der Waals surface area contributed by atoms with Crippen LogP contribution in [0, 0.1) is 5.82 Å². The Hall–Kier alpha value is -3.58. The minimum Gasteiger partial charge on any atom is -0.352 e. The maximum atomic E-state index is 14.0. The Bertz CT molecular complexity index is 1190. The number of hydrogen-bond donors (Lipinski definition) is 1. The SMILES string of the molecule is Fc1cccc(-n2cccc2C2C(c3ccccn3)NC(=S)N2Cc2ccncc2)c1. The average Bonchev–Trinajstić information content (AvgIpc) is 3.40. The van der Waals surface area contributed by atoms with Gasteiger partial charge in [0.15, 0.2) is 5.11 Å². The lowest BCUT2D eigenvalue weighted by Gasteiger charge is -2.29. The molecule has 5 rings (SSSR count). The Morgan fingerprint density at radius 1 is 0.968 bits per heavy atom. The predicted octanol–water partition coefficient (Wildman–Crippen LogP) is 4.58. The molecule has 1 fully saturated rings. The second-order valence-corrected chi connectivity index (χ2v) is 7.78. The van der Waals surface area contributed by atoms with Gasteiger partial charge in [-0.05, 0) is 72.4 Å². The van der Waals surface area contributed by atoms with Crippen molar-refractivity contribution < 1.29 is 4.39 Å². The molecule has 4 heterocycles. The van der Waals surface area contributed by atoms with Crippen LogP contribution in [0.2, 0.25) is 0 Å². The van der Waals surface area contributed by atoms with Gasteiger partial charge in [-0.15, -0.1) is 0 Å². The van der Waals surface area contributed by atoms with E-state index in [1.54, 1.807) is 24.7 Å². The molecule has 1 aromatic carbocycles. The molecule has 1 aliphatic rings. The third kappa shape index (κ3) is 3.80. The minimum atomic E-state index is -0.271. The fourth-order valence-corrected chi connectivity index (χ4v) is 4.38. The Morgan fingerprint density at radius 3 is 2.61 bits per heavy atom. The van der Waals surface area contributed by atoms with Crippen LogP contribution >= 0.6 is 12.2 Å². The van der Waals surface area contributed by atoms with E-state index in [1.807, 2.05) is 53.2 Å². The van der Waals surface area contributed by atoms with Gasteiger partial charge < -0.3 is 14.8 Å². The maximum absolute atomic E-state index is 14.0. The Kier molecular flexibility index (Phi) is 5.18. The van der Waals surface area contributed by atoms with E-state index in [4.69, 9.17) is 12.2 Å². The molecular weight excluding hydrogens is 409 g/mol. The van der Waals surface area contributed by atoms with Crippen molar-refractivity contribution in [1.82, 2.24) is 24.8 Å². The molecule has 1 saturated heterocycles. The van der Waals surface area contributed by atoms with Crippen molar-refractivity contribution >= 4 is 17.3 Å². The molecular formula is C24H20FN5S. The fraction of sp³-hybridized carbons (Fsp3) is 0.125. The monoisotopic (exact) mass is 429 g/mol. The average molecular weight is 430 g/mol. The van der Waals surface area contributed by atoms with Crippen molar-refractivity contribution in [3.63, 3.8) is 0 Å². The molecule has 31 heavy (non-hydrogen) atoms. The predicted molar refractivity (Wildman–Crippen MR) is 121 cm³/mol. The standard InChI is InChI=1S/C24H20FN5S/c25-18-5-3-6-19(15-18)29-14-4-8-21(29)23-22(20-7-1-2-11-27-20)28-24(31)30(23)16-17-9-12-26-13-10-17/h1-15,22-23H,16H2,(H,28,31). The number of nitrogens with one attached hydrogen (secondary N) is 1. The van der Waals surface area contributed by atoms with Gasteiger partial charge in [-0.3, -0.25) is 9.97 Å². The zero-order valence-electron chi connectivity index (χ0n) is 16.6. The molecule has 0 spiro atoms. The van der Waals surface area contributed by atoms with E-state index in [1.165, 1.54) is 12.1 Å². The molecule has 0 saturated carbocycles. The number of hydrogen-bond acceptors (Lipinski definition) is 3.